The summed E-state index contributed by atoms with van der Waals surface area (Å²) in [4.78, 5) is 10.5. The molecule has 74 valence electrons. The van der Waals surface area contributed by atoms with Crippen molar-refractivity contribution in [3.05, 3.63) is 0 Å². The van der Waals surface area contributed by atoms with Gasteiger partial charge >= 0.3 is 29.6 Å². The molecule has 0 atom stereocenters. The van der Waals surface area contributed by atoms with E-state index in [2.05, 4.69) is 0 Å². The van der Waals surface area contributed by atoms with Crippen molar-refractivity contribution >= 4 is 6.47 Å². The van der Waals surface area contributed by atoms with Gasteiger partial charge < -0.3 is 6.16 Å². The van der Waals surface area contributed by atoms with E-state index < -0.39 is 0 Å². The number of rotatable bonds is 2. The third-order valence-corrected chi connectivity index (χ3v) is 4.28. The van der Waals surface area contributed by atoms with Crippen molar-refractivity contribution in [1.29, 1.82) is 0 Å². The van der Waals surface area contributed by atoms with E-state index in [0.29, 0.717) is 6.47 Å². The summed E-state index contributed by atoms with van der Waals surface area (Å²) in [7, 11) is 0. The molecule has 0 radical (unpaired) electrons. The van der Waals surface area contributed by atoms with Crippen molar-refractivity contribution < 1.29 is 40.5 Å². The molecule has 4 bridgehead atoms. The van der Waals surface area contributed by atoms with Crippen molar-refractivity contribution in [3.63, 3.8) is 0 Å². The van der Waals surface area contributed by atoms with E-state index in [-0.39, 0.29) is 36.6 Å². The van der Waals surface area contributed by atoms with Gasteiger partial charge in [0.25, 0.3) is 6.47 Å². The smallest absolute Gasteiger partial charge is 1.00 e. The minimum atomic E-state index is -0.0174. The van der Waals surface area contributed by atoms with Crippen molar-refractivity contribution in [2.24, 2.45) is 17.8 Å². The maximum Gasteiger partial charge on any atom is 1.00 e. The summed E-state index contributed by atoms with van der Waals surface area (Å²) >= 11 is 0. The van der Waals surface area contributed by atoms with Crippen LogP contribution in [-0.4, -0.2) is 12.1 Å². The molecular formula is C11H17NaO2. The van der Waals surface area contributed by atoms with E-state index >= 15 is 0 Å². The molecule has 0 saturated heterocycles. The Kier molecular flexibility index (Phi) is 2.98. The van der Waals surface area contributed by atoms with Crippen LogP contribution in [0.15, 0.2) is 0 Å². The molecule has 2 nitrogen and oxygen atoms in total. The molecule has 0 unspecified atom stereocenters. The van der Waals surface area contributed by atoms with Gasteiger partial charge in [-0.25, -0.2) is 0 Å². The van der Waals surface area contributed by atoms with Gasteiger partial charge in [-0.05, 0) is 56.3 Å². The largest absolute Gasteiger partial charge is 1.00 e. The molecule has 0 aliphatic heterocycles. The quantitative estimate of drug-likeness (QED) is 0.437. The molecule has 4 fully saturated rings. The van der Waals surface area contributed by atoms with Crippen LogP contribution in [0.2, 0.25) is 0 Å². The van der Waals surface area contributed by atoms with Crippen LogP contribution in [0.4, 0.5) is 0 Å². The molecule has 4 aliphatic rings. The van der Waals surface area contributed by atoms with E-state index in [1.807, 2.05) is 0 Å². The molecular weight excluding hydrogens is 187 g/mol. The molecule has 0 N–H and O–H groups in total. The summed E-state index contributed by atoms with van der Waals surface area (Å²) in [5, 5.41) is 0. The Labute approximate surface area is 109 Å². The standard InChI is InChI=1S/C11H16O2.Na.H/c12-7-13-11-4-8-1-9(5-11)3-10(2-8)6-11;;/h7-10H,1-6H2;;/q;+1;-1. The Balaban J connectivity index is 0.000000562. The van der Waals surface area contributed by atoms with Gasteiger partial charge in [-0.1, -0.05) is 0 Å². The Hall–Kier alpha value is 0.470. The summed E-state index contributed by atoms with van der Waals surface area (Å²) in [5.74, 6) is 2.60. The predicted octanol–water partition coefficient (Wildman–Crippen LogP) is -0.755. The zero-order valence-corrected chi connectivity index (χ0v) is 10.9. The fraction of sp³-hybridized carbons (Fsp3) is 0.909. The normalized spacial score (nSPS) is 48.4. The van der Waals surface area contributed by atoms with Crippen LogP contribution in [-0.2, 0) is 9.53 Å². The average molecular weight is 204 g/mol. The van der Waals surface area contributed by atoms with Gasteiger partial charge in [-0.15, -0.1) is 0 Å². The molecule has 0 aromatic carbocycles. The van der Waals surface area contributed by atoms with Crippen molar-refractivity contribution in [2.75, 3.05) is 0 Å². The van der Waals surface area contributed by atoms with Gasteiger partial charge in [-0.2, -0.15) is 0 Å². The van der Waals surface area contributed by atoms with Crippen LogP contribution in [0.1, 0.15) is 40.0 Å². The monoisotopic (exact) mass is 204 g/mol. The SMILES string of the molecule is O=COC12CC3CC(CC(C3)C1)C2.[H-].[Na+]. The minimum Gasteiger partial charge on any atom is -1.00 e. The zero-order chi connectivity index (χ0) is 8.89. The minimum absolute atomic E-state index is 0. The molecule has 0 amide bonds. The van der Waals surface area contributed by atoms with E-state index in [1.54, 1.807) is 0 Å². The Bertz CT molecular complexity index is 209. The number of ether oxygens (including phenoxy) is 1. The van der Waals surface area contributed by atoms with Crippen LogP contribution < -0.4 is 29.6 Å². The Morgan fingerprint density at radius 1 is 1.07 bits per heavy atom. The Morgan fingerprint density at radius 2 is 1.50 bits per heavy atom. The fourth-order valence-electron chi connectivity index (χ4n) is 4.28. The van der Waals surface area contributed by atoms with Gasteiger partial charge in [0, 0.05) is 0 Å². The van der Waals surface area contributed by atoms with E-state index in [4.69, 9.17) is 4.74 Å². The first-order valence-electron chi connectivity index (χ1n) is 5.41. The fourth-order valence-corrected chi connectivity index (χ4v) is 4.28. The summed E-state index contributed by atoms with van der Waals surface area (Å²) in [6.07, 6.45) is 7.66. The average Bonchev–Trinajstić information content (AvgIpc) is 2.00. The van der Waals surface area contributed by atoms with Crippen LogP contribution in [0.25, 0.3) is 0 Å². The first kappa shape index (κ1) is 11.0. The van der Waals surface area contributed by atoms with Crippen LogP contribution in [0.5, 0.6) is 0 Å². The van der Waals surface area contributed by atoms with Crippen LogP contribution in [0, 0.1) is 17.8 Å². The number of carbonyl (C=O) groups excluding carboxylic acids is 1. The maximum absolute atomic E-state index is 10.5. The van der Waals surface area contributed by atoms with Gasteiger partial charge in [-0.3, -0.25) is 4.79 Å². The predicted molar refractivity (Wildman–Crippen MR) is 49.2 cm³/mol. The van der Waals surface area contributed by atoms with Gasteiger partial charge in [0.05, 0.1) is 0 Å². The second kappa shape index (κ2) is 3.80. The summed E-state index contributed by atoms with van der Waals surface area (Å²) in [6, 6.07) is 0. The molecule has 3 heteroatoms. The van der Waals surface area contributed by atoms with Crippen molar-refractivity contribution in [3.8, 4) is 0 Å². The first-order chi connectivity index (χ1) is 6.30. The zero-order valence-electron chi connectivity index (χ0n) is 9.87. The molecule has 0 aromatic heterocycles. The van der Waals surface area contributed by atoms with Crippen molar-refractivity contribution in [2.45, 2.75) is 44.1 Å². The number of carbonyl (C=O) groups is 1. The molecule has 14 heavy (non-hydrogen) atoms. The number of hydrogen-bond acceptors (Lipinski definition) is 2. The molecule has 4 rings (SSSR count). The third-order valence-electron chi connectivity index (χ3n) is 4.28. The van der Waals surface area contributed by atoms with E-state index in [0.717, 1.165) is 37.0 Å². The van der Waals surface area contributed by atoms with E-state index in [1.165, 1.54) is 19.3 Å². The van der Waals surface area contributed by atoms with Gasteiger partial charge in [0.1, 0.15) is 5.60 Å². The summed E-state index contributed by atoms with van der Waals surface area (Å²) in [5.41, 5.74) is -0.0174. The van der Waals surface area contributed by atoms with E-state index in [9.17, 15) is 4.79 Å². The van der Waals surface area contributed by atoms with Crippen LogP contribution >= 0.6 is 0 Å². The summed E-state index contributed by atoms with van der Waals surface area (Å²) in [6.45, 7) is 0.674. The first-order valence-corrected chi connectivity index (χ1v) is 5.41. The third kappa shape index (κ3) is 1.66. The molecule has 0 heterocycles. The molecule has 4 saturated carbocycles. The molecule has 0 aromatic rings. The Morgan fingerprint density at radius 3 is 1.86 bits per heavy atom. The number of hydrogen-bond donors (Lipinski definition) is 0. The summed E-state index contributed by atoms with van der Waals surface area (Å²) < 4.78 is 5.36. The maximum atomic E-state index is 10.5. The van der Waals surface area contributed by atoms with Crippen LogP contribution in [0.3, 0.4) is 0 Å². The van der Waals surface area contributed by atoms with Gasteiger partial charge in [0.2, 0.25) is 0 Å². The molecule has 4 aliphatic carbocycles. The second-order valence-electron chi connectivity index (χ2n) is 5.31. The van der Waals surface area contributed by atoms with Gasteiger partial charge in [0.15, 0.2) is 0 Å². The topological polar surface area (TPSA) is 26.3 Å². The van der Waals surface area contributed by atoms with Crippen molar-refractivity contribution in [1.82, 2.24) is 0 Å². The molecule has 0 spiro atoms. The second-order valence-corrected chi connectivity index (χ2v) is 5.31.